The highest BCUT2D eigenvalue weighted by molar-refractivity contribution is 5.05. The van der Waals surface area contributed by atoms with E-state index in [1.165, 1.54) is 0 Å². The van der Waals surface area contributed by atoms with Crippen LogP contribution in [0.5, 0.6) is 0 Å². The van der Waals surface area contributed by atoms with Crippen molar-refractivity contribution in [3.8, 4) is 0 Å². The molecule has 0 saturated heterocycles. The molecule has 12 heavy (non-hydrogen) atoms. The minimum Gasteiger partial charge on any atom is -0.390 e. The number of allylic oxidation sites excluding steroid dienone is 1. The highest BCUT2D eigenvalue weighted by Crippen LogP contribution is 2.33. The van der Waals surface area contributed by atoms with Gasteiger partial charge in [-0.2, -0.15) is 0 Å². The summed E-state index contributed by atoms with van der Waals surface area (Å²) in [6.07, 6.45) is 3.13. The van der Waals surface area contributed by atoms with Gasteiger partial charge in [-0.1, -0.05) is 32.9 Å². The van der Waals surface area contributed by atoms with Crippen LogP contribution in [0.15, 0.2) is 12.2 Å². The summed E-state index contributed by atoms with van der Waals surface area (Å²) < 4.78 is 0. The standard InChI is InChI=1S/C10H18O2/c1-10(2,3)7-4-5-8(11)9(12)6-7/h4-5,7-9,11-12H,6H2,1-3H3/t7-,8-,9+/m1/s1. The third kappa shape index (κ3) is 2.08. The molecule has 0 aromatic heterocycles. The van der Waals surface area contributed by atoms with Gasteiger partial charge in [0.1, 0.15) is 0 Å². The summed E-state index contributed by atoms with van der Waals surface area (Å²) in [6, 6.07) is 0. The molecule has 0 bridgehead atoms. The minimum atomic E-state index is -0.663. The highest BCUT2D eigenvalue weighted by atomic mass is 16.3. The zero-order valence-corrected chi connectivity index (χ0v) is 7.99. The molecular formula is C10H18O2. The van der Waals surface area contributed by atoms with Gasteiger partial charge in [-0.25, -0.2) is 0 Å². The molecule has 2 nitrogen and oxygen atoms in total. The van der Waals surface area contributed by atoms with Crippen LogP contribution in [0.25, 0.3) is 0 Å². The minimum absolute atomic E-state index is 0.178. The van der Waals surface area contributed by atoms with Crippen molar-refractivity contribution in [3.63, 3.8) is 0 Å². The monoisotopic (exact) mass is 170 g/mol. The maximum atomic E-state index is 9.41. The van der Waals surface area contributed by atoms with Crippen LogP contribution >= 0.6 is 0 Å². The molecule has 0 amide bonds. The van der Waals surface area contributed by atoms with Crippen LogP contribution in [0.4, 0.5) is 0 Å². The fourth-order valence-electron chi connectivity index (χ4n) is 1.50. The molecule has 0 spiro atoms. The summed E-state index contributed by atoms with van der Waals surface area (Å²) in [4.78, 5) is 0. The van der Waals surface area contributed by atoms with Crippen LogP contribution in [0.3, 0.4) is 0 Å². The summed E-state index contributed by atoms with van der Waals surface area (Å²) in [5.41, 5.74) is 0.178. The topological polar surface area (TPSA) is 40.5 Å². The van der Waals surface area contributed by atoms with Gasteiger partial charge in [-0.3, -0.25) is 0 Å². The Hall–Kier alpha value is -0.340. The Balaban J connectivity index is 2.67. The van der Waals surface area contributed by atoms with E-state index >= 15 is 0 Å². The van der Waals surface area contributed by atoms with Gasteiger partial charge in [0.15, 0.2) is 0 Å². The molecule has 2 N–H and O–H groups in total. The molecule has 0 fully saturated rings. The second-order valence-electron chi connectivity index (χ2n) is 4.65. The molecule has 70 valence electrons. The van der Waals surface area contributed by atoms with Gasteiger partial charge in [0.2, 0.25) is 0 Å². The Morgan fingerprint density at radius 2 is 1.75 bits per heavy atom. The quantitative estimate of drug-likeness (QED) is 0.538. The molecule has 1 aliphatic rings. The first kappa shape index (κ1) is 9.75. The van der Waals surface area contributed by atoms with Crippen molar-refractivity contribution in [3.05, 3.63) is 12.2 Å². The van der Waals surface area contributed by atoms with Crippen molar-refractivity contribution in [1.82, 2.24) is 0 Å². The maximum absolute atomic E-state index is 9.41. The van der Waals surface area contributed by atoms with Gasteiger partial charge in [-0.15, -0.1) is 0 Å². The molecule has 0 aromatic carbocycles. The molecule has 0 unspecified atom stereocenters. The van der Waals surface area contributed by atoms with E-state index < -0.39 is 12.2 Å². The Bertz CT molecular complexity index is 179. The molecule has 1 aliphatic carbocycles. The van der Waals surface area contributed by atoms with Crippen molar-refractivity contribution in [2.24, 2.45) is 11.3 Å². The fraction of sp³-hybridized carbons (Fsp3) is 0.800. The zero-order chi connectivity index (χ0) is 9.35. The summed E-state index contributed by atoms with van der Waals surface area (Å²) in [5, 5.41) is 18.6. The van der Waals surface area contributed by atoms with Gasteiger partial charge >= 0.3 is 0 Å². The third-order valence-electron chi connectivity index (χ3n) is 2.54. The highest BCUT2D eigenvalue weighted by Gasteiger charge is 2.30. The number of aliphatic hydroxyl groups is 2. The average molecular weight is 170 g/mol. The van der Waals surface area contributed by atoms with E-state index in [9.17, 15) is 10.2 Å². The molecule has 3 atom stereocenters. The lowest BCUT2D eigenvalue weighted by Gasteiger charge is -2.34. The van der Waals surface area contributed by atoms with Crippen LogP contribution in [-0.4, -0.2) is 22.4 Å². The van der Waals surface area contributed by atoms with Gasteiger partial charge in [0.05, 0.1) is 12.2 Å². The predicted octanol–water partition coefficient (Wildman–Crippen LogP) is 1.33. The maximum Gasteiger partial charge on any atom is 0.0980 e. The first-order valence-electron chi connectivity index (χ1n) is 4.45. The van der Waals surface area contributed by atoms with Gasteiger partial charge in [0, 0.05) is 0 Å². The molecule has 0 aromatic rings. The Kier molecular flexibility index (Phi) is 2.59. The summed E-state index contributed by atoms with van der Waals surface area (Å²) >= 11 is 0. The summed E-state index contributed by atoms with van der Waals surface area (Å²) in [6.45, 7) is 6.44. The number of hydrogen-bond acceptors (Lipinski definition) is 2. The Labute approximate surface area is 73.9 Å². The van der Waals surface area contributed by atoms with Crippen molar-refractivity contribution < 1.29 is 10.2 Å². The van der Waals surface area contributed by atoms with E-state index in [1.807, 2.05) is 6.08 Å². The summed E-state index contributed by atoms with van der Waals surface area (Å²) in [5.74, 6) is 0.371. The molecule has 0 radical (unpaired) electrons. The van der Waals surface area contributed by atoms with Gasteiger partial charge < -0.3 is 10.2 Å². The molecule has 0 aliphatic heterocycles. The van der Waals surface area contributed by atoms with E-state index in [0.29, 0.717) is 12.3 Å². The lowest BCUT2D eigenvalue weighted by Crippen LogP contribution is -2.34. The first-order valence-corrected chi connectivity index (χ1v) is 4.45. The van der Waals surface area contributed by atoms with Crippen molar-refractivity contribution in [1.29, 1.82) is 0 Å². The van der Waals surface area contributed by atoms with Crippen LogP contribution in [-0.2, 0) is 0 Å². The molecular weight excluding hydrogens is 152 g/mol. The van der Waals surface area contributed by atoms with Crippen LogP contribution in [0.2, 0.25) is 0 Å². The number of hydrogen-bond donors (Lipinski definition) is 2. The normalized spacial score (nSPS) is 36.9. The Morgan fingerprint density at radius 1 is 1.17 bits per heavy atom. The smallest absolute Gasteiger partial charge is 0.0980 e. The van der Waals surface area contributed by atoms with Crippen LogP contribution < -0.4 is 0 Å². The van der Waals surface area contributed by atoms with E-state index in [-0.39, 0.29) is 5.41 Å². The van der Waals surface area contributed by atoms with Gasteiger partial charge in [-0.05, 0) is 17.8 Å². The SMILES string of the molecule is CC(C)(C)[C@@H]1C=C[C@@H](O)[C@@H](O)C1. The molecule has 0 heterocycles. The van der Waals surface area contributed by atoms with Crippen LogP contribution in [0, 0.1) is 11.3 Å². The van der Waals surface area contributed by atoms with Crippen molar-refractivity contribution >= 4 is 0 Å². The van der Waals surface area contributed by atoms with E-state index in [2.05, 4.69) is 20.8 Å². The molecule has 1 rings (SSSR count). The van der Waals surface area contributed by atoms with Crippen molar-refractivity contribution in [2.45, 2.75) is 39.4 Å². The lowest BCUT2D eigenvalue weighted by molar-refractivity contribution is 0.0159. The van der Waals surface area contributed by atoms with Gasteiger partial charge in [0.25, 0.3) is 0 Å². The van der Waals surface area contributed by atoms with E-state index in [4.69, 9.17) is 0 Å². The van der Waals surface area contributed by atoms with Crippen molar-refractivity contribution in [2.75, 3.05) is 0 Å². The van der Waals surface area contributed by atoms with Crippen LogP contribution in [0.1, 0.15) is 27.2 Å². The fourth-order valence-corrected chi connectivity index (χ4v) is 1.50. The largest absolute Gasteiger partial charge is 0.390 e. The third-order valence-corrected chi connectivity index (χ3v) is 2.54. The first-order chi connectivity index (χ1) is 5.41. The Morgan fingerprint density at radius 3 is 2.17 bits per heavy atom. The number of aliphatic hydroxyl groups excluding tert-OH is 2. The van der Waals surface area contributed by atoms with E-state index in [1.54, 1.807) is 6.08 Å². The zero-order valence-electron chi connectivity index (χ0n) is 7.99. The lowest BCUT2D eigenvalue weighted by atomic mass is 9.74. The summed E-state index contributed by atoms with van der Waals surface area (Å²) in [7, 11) is 0. The predicted molar refractivity (Wildman–Crippen MR) is 48.7 cm³/mol. The molecule has 2 heteroatoms. The second-order valence-corrected chi connectivity index (χ2v) is 4.65. The second kappa shape index (κ2) is 3.19. The van der Waals surface area contributed by atoms with E-state index in [0.717, 1.165) is 0 Å². The average Bonchev–Trinajstić information content (AvgIpc) is 1.92. The molecule has 0 saturated carbocycles. The number of rotatable bonds is 0.